The summed E-state index contributed by atoms with van der Waals surface area (Å²) in [7, 11) is 0. The summed E-state index contributed by atoms with van der Waals surface area (Å²) < 4.78 is 26.9. The van der Waals surface area contributed by atoms with Crippen molar-refractivity contribution < 1.29 is 23.5 Å². The van der Waals surface area contributed by atoms with Crippen LogP contribution in [0.5, 0.6) is 0 Å². The maximum Gasteiger partial charge on any atom is 0.290 e. The topological polar surface area (TPSA) is 135 Å². The molecule has 11 heteroatoms. The molecule has 1 spiro atoms. The number of likely N-dealkylation sites (tertiary alicyclic amines) is 1. The predicted octanol–water partition coefficient (Wildman–Crippen LogP) is 0.756. The number of nitrogens with one attached hydrogen (secondary N) is 3. The molecule has 0 bridgehead atoms. The van der Waals surface area contributed by atoms with Crippen LogP contribution >= 0.6 is 0 Å². The fourth-order valence-electron chi connectivity index (χ4n) is 4.16. The minimum Gasteiger partial charge on any atom is -0.483 e. The van der Waals surface area contributed by atoms with Gasteiger partial charge in [0.2, 0.25) is 5.91 Å². The Morgan fingerprint density at radius 1 is 1.19 bits per heavy atom. The van der Waals surface area contributed by atoms with Crippen molar-refractivity contribution >= 4 is 12.4 Å². The van der Waals surface area contributed by atoms with Crippen molar-refractivity contribution in [3.63, 3.8) is 0 Å². The normalized spacial score (nSPS) is 19.0. The Labute approximate surface area is 181 Å². The van der Waals surface area contributed by atoms with E-state index in [1.165, 1.54) is 12.1 Å². The molecule has 172 valence electrons. The van der Waals surface area contributed by atoms with E-state index in [0.29, 0.717) is 12.1 Å². The predicted molar refractivity (Wildman–Crippen MR) is 110 cm³/mol. The first-order valence-electron chi connectivity index (χ1n) is 10.1. The summed E-state index contributed by atoms with van der Waals surface area (Å²) >= 11 is 0. The second kappa shape index (κ2) is 9.86. The number of amides is 1. The number of rotatable bonds is 5. The van der Waals surface area contributed by atoms with Crippen LogP contribution in [0.15, 0.2) is 33.9 Å². The van der Waals surface area contributed by atoms with Crippen LogP contribution in [0.4, 0.5) is 8.78 Å². The summed E-state index contributed by atoms with van der Waals surface area (Å²) in [4.78, 5) is 45.7. The van der Waals surface area contributed by atoms with Crippen LogP contribution in [-0.2, 0) is 22.6 Å². The van der Waals surface area contributed by atoms with Crippen LogP contribution in [0.1, 0.15) is 30.4 Å². The average Bonchev–Trinajstić information content (AvgIpc) is 3.40. The molecule has 1 saturated carbocycles. The molecule has 1 aromatic heterocycles. The number of carbonyl (C=O) groups is 2. The molecule has 1 aromatic carbocycles. The van der Waals surface area contributed by atoms with E-state index in [2.05, 4.69) is 20.4 Å². The highest BCUT2D eigenvalue weighted by Crippen LogP contribution is 2.54. The number of benzene rings is 1. The highest BCUT2D eigenvalue weighted by atomic mass is 19.1. The number of halogens is 2. The van der Waals surface area contributed by atoms with Crippen LogP contribution in [0.2, 0.25) is 0 Å². The van der Waals surface area contributed by atoms with Crippen molar-refractivity contribution in [2.45, 2.75) is 38.3 Å². The van der Waals surface area contributed by atoms with Gasteiger partial charge in [-0.1, -0.05) is 6.07 Å². The van der Waals surface area contributed by atoms with Gasteiger partial charge in [0.25, 0.3) is 17.6 Å². The second-order valence-electron chi connectivity index (χ2n) is 8.09. The Morgan fingerprint density at radius 2 is 1.88 bits per heavy atom. The maximum atomic E-state index is 13.8. The first-order valence-corrected chi connectivity index (χ1v) is 10.1. The van der Waals surface area contributed by atoms with Gasteiger partial charge in [-0.2, -0.15) is 0 Å². The number of nitrogens with zero attached hydrogens (tertiary/aromatic N) is 1. The zero-order chi connectivity index (χ0) is 23.3. The molecule has 4 N–H and O–H groups in total. The standard InChI is InChI=1S/C20H22F2N4O3.CH2O2/c21-14-2-1-12(15(22)9-14)11-26-5-3-20(4-6-26)10-16(20)23-17(27)7-13-8-18(28)24-25-19(13)29;2-1-3/h1-2,8-9,16H,3-7,10-11H2,(H,23,27)(H,24,28)(H,25,29);1H,(H,2,3). The van der Waals surface area contributed by atoms with E-state index in [4.69, 9.17) is 9.90 Å². The summed E-state index contributed by atoms with van der Waals surface area (Å²) in [5, 5.41) is 14.2. The Kier molecular flexibility index (Phi) is 7.18. The van der Waals surface area contributed by atoms with Crippen LogP contribution in [-0.4, -0.2) is 51.7 Å². The molecule has 1 unspecified atom stereocenters. The first kappa shape index (κ1) is 23.3. The number of H-pyrrole nitrogens is 2. The fraction of sp³-hybridized carbons (Fsp3) is 0.429. The molecule has 1 atom stereocenters. The molecule has 4 rings (SSSR count). The SMILES string of the molecule is O=C(Cc1cc(=O)[nH][nH]c1=O)NC1CC12CCN(Cc1ccc(F)cc1F)CC2.O=CO. The molecule has 2 fully saturated rings. The largest absolute Gasteiger partial charge is 0.483 e. The lowest BCUT2D eigenvalue weighted by atomic mass is 9.92. The molecule has 1 saturated heterocycles. The maximum absolute atomic E-state index is 13.8. The van der Waals surface area contributed by atoms with Crippen molar-refractivity contribution in [1.82, 2.24) is 20.4 Å². The van der Waals surface area contributed by atoms with Crippen LogP contribution in [0, 0.1) is 17.0 Å². The number of carboxylic acid groups (broad SMARTS) is 1. The van der Waals surface area contributed by atoms with Crippen LogP contribution in [0.25, 0.3) is 0 Å². The van der Waals surface area contributed by atoms with Crippen LogP contribution < -0.4 is 16.4 Å². The van der Waals surface area contributed by atoms with E-state index in [9.17, 15) is 23.2 Å². The summed E-state index contributed by atoms with van der Waals surface area (Å²) in [5.41, 5.74) is -0.274. The van der Waals surface area contributed by atoms with E-state index in [-0.39, 0.29) is 35.8 Å². The first-order chi connectivity index (χ1) is 15.3. The minimum atomic E-state index is -0.581. The van der Waals surface area contributed by atoms with E-state index in [1.807, 2.05) is 0 Å². The molecule has 2 heterocycles. The van der Waals surface area contributed by atoms with Gasteiger partial charge in [-0.3, -0.25) is 34.3 Å². The zero-order valence-electron chi connectivity index (χ0n) is 17.2. The number of hydrogen-bond donors (Lipinski definition) is 4. The average molecular weight is 450 g/mol. The van der Waals surface area contributed by atoms with Gasteiger partial charge in [-0.15, -0.1) is 0 Å². The van der Waals surface area contributed by atoms with Crippen LogP contribution in [0.3, 0.4) is 0 Å². The molecule has 1 amide bonds. The van der Waals surface area contributed by atoms with Crippen molar-refractivity contribution in [3.05, 3.63) is 67.7 Å². The van der Waals surface area contributed by atoms with Crippen molar-refractivity contribution in [2.75, 3.05) is 13.1 Å². The van der Waals surface area contributed by atoms with Gasteiger partial charge in [0.05, 0.1) is 6.42 Å². The smallest absolute Gasteiger partial charge is 0.290 e. The highest BCUT2D eigenvalue weighted by molar-refractivity contribution is 5.79. The van der Waals surface area contributed by atoms with Gasteiger partial charge in [-0.25, -0.2) is 8.78 Å². The Hall–Kier alpha value is -3.34. The van der Waals surface area contributed by atoms with Gasteiger partial charge < -0.3 is 10.4 Å². The van der Waals surface area contributed by atoms with E-state index in [1.54, 1.807) is 0 Å². The Bertz CT molecular complexity index is 1090. The van der Waals surface area contributed by atoms with E-state index < -0.39 is 22.8 Å². The lowest BCUT2D eigenvalue weighted by molar-refractivity contribution is -0.123. The Morgan fingerprint density at radius 3 is 2.53 bits per heavy atom. The number of hydrogen-bond acceptors (Lipinski definition) is 5. The minimum absolute atomic E-state index is 0.0497. The molecule has 1 aliphatic carbocycles. The number of piperidine rings is 1. The zero-order valence-corrected chi connectivity index (χ0v) is 17.2. The third-order valence-corrected chi connectivity index (χ3v) is 6.03. The lowest BCUT2D eigenvalue weighted by Crippen LogP contribution is -2.39. The molecule has 1 aliphatic heterocycles. The summed E-state index contributed by atoms with van der Waals surface area (Å²) in [5.74, 6) is -1.39. The summed E-state index contributed by atoms with van der Waals surface area (Å²) in [6, 6.07) is 4.83. The second-order valence-corrected chi connectivity index (χ2v) is 8.09. The van der Waals surface area contributed by atoms with Gasteiger partial charge in [-0.05, 0) is 43.8 Å². The van der Waals surface area contributed by atoms with Crippen molar-refractivity contribution in [3.8, 4) is 0 Å². The van der Waals surface area contributed by atoms with E-state index >= 15 is 0 Å². The van der Waals surface area contributed by atoms with Crippen molar-refractivity contribution in [1.29, 1.82) is 0 Å². The van der Waals surface area contributed by atoms with Gasteiger partial charge in [0.15, 0.2) is 0 Å². The molecule has 9 nitrogen and oxygen atoms in total. The molecule has 0 radical (unpaired) electrons. The summed E-state index contributed by atoms with van der Waals surface area (Å²) in [6.07, 6.45) is 2.50. The lowest BCUT2D eigenvalue weighted by Gasteiger charge is -2.33. The highest BCUT2D eigenvalue weighted by Gasteiger charge is 2.55. The summed E-state index contributed by atoms with van der Waals surface area (Å²) in [6.45, 7) is 1.73. The molecule has 32 heavy (non-hydrogen) atoms. The fourth-order valence-corrected chi connectivity index (χ4v) is 4.16. The molecular weight excluding hydrogens is 426 g/mol. The number of aromatic amines is 2. The third kappa shape index (κ3) is 5.67. The Balaban J connectivity index is 0.000000913. The van der Waals surface area contributed by atoms with Gasteiger partial charge >= 0.3 is 0 Å². The molecule has 2 aromatic rings. The third-order valence-electron chi connectivity index (χ3n) is 6.03. The van der Waals surface area contributed by atoms with Gasteiger partial charge in [0, 0.05) is 35.8 Å². The monoisotopic (exact) mass is 450 g/mol. The van der Waals surface area contributed by atoms with Crippen molar-refractivity contribution in [2.24, 2.45) is 5.41 Å². The molecular formula is C21H24F2N4O5. The molecule has 2 aliphatic rings. The number of aromatic nitrogens is 2. The number of carbonyl (C=O) groups excluding carboxylic acids is 1. The van der Waals surface area contributed by atoms with Gasteiger partial charge in [0.1, 0.15) is 11.6 Å². The van der Waals surface area contributed by atoms with E-state index in [0.717, 1.165) is 44.5 Å². The quantitative estimate of drug-likeness (QED) is 0.497.